The number of fused-ring (bicyclic) bond motifs is 1. The zero-order chi connectivity index (χ0) is 19.3. The van der Waals surface area contributed by atoms with Gasteiger partial charge in [0.15, 0.2) is 5.78 Å². The van der Waals surface area contributed by atoms with Gasteiger partial charge in [-0.15, -0.1) is 0 Å². The summed E-state index contributed by atoms with van der Waals surface area (Å²) < 4.78 is 0. The number of nitrogens with one attached hydrogen (secondary N) is 2. The summed E-state index contributed by atoms with van der Waals surface area (Å²) in [7, 11) is 0. The van der Waals surface area contributed by atoms with Crippen LogP contribution in [-0.4, -0.2) is 12.3 Å². The Morgan fingerprint density at radius 1 is 1.00 bits per heavy atom. The van der Waals surface area contributed by atoms with Crippen molar-refractivity contribution in [1.29, 1.82) is 0 Å². The first kappa shape index (κ1) is 19.3. The van der Waals surface area contributed by atoms with E-state index in [1.54, 1.807) is 0 Å². The third-order valence-corrected chi connectivity index (χ3v) is 6.43. The zero-order valence-electron chi connectivity index (χ0n) is 16.4. The highest BCUT2D eigenvalue weighted by molar-refractivity contribution is 6.33. The first-order chi connectivity index (χ1) is 13.7. The molecule has 2 N–H and O–H groups in total. The van der Waals surface area contributed by atoms with Crippen LogP contribution in [0.2, 0.25) is 5.02 Å². The van der Waals surface area contributed by atoms with Gasteiger partial charge in [0.2, 0.25) is 0 Å². The van der Waals surface area contributed by atoms with Crippen LogP contribution < -0.4 is 10.6 Å². The Morgan fingerprint density at radius 3 is 2.57 bits per heavy atom. The molecule has 2 aromatic carbocycles. The van der Waals surface area contributed by atoms with Crippen LogP contribution in [0, 0.1) is 5.92 Å². The van der Waals surface area contributed by atoms with Crippen molar-refractivity contribution in [1.82, 2.24) is 0 Å². The van der Waals surface area contributed by atoms with Crippen LogP contribution >= 0.6 is 11.6 Å². The van der Waals surface area contributed by atoms with Crippen molar-refractivity contribution < 1.29 is 4.79 Å². The molecule has 0 radical (unpaired) electrons. The number of carbonyl (C=O) groups is 1. The fraction of sp³-hybridized carbons (Fsp3) is 0.458. The molecule has 148 valence electrons. The van der Waals surface area contributed by atoms with Gasteiger partial charge in [0.25, 0.3) is 0 Å². The average Bonchev–Trinajstić information content (AvgIpc) is 2.99. The van der Waals surface area contributed by atoms with Crippen LogP contribution in [0.15, 0.2) is 36.4 Å². The van der Waals surface area contributed by atoms with Crippen LogP contribution in [0.3, 0.4) is 0 Å². The Morgan fingerprint density at radius 2 is 1.79 bits per heavy atom. The quantitative estimate of drug-likeness (QED) is 0.569. The van der Waals surface area contributed by atoms with Gasteiger partial charge in [-0.25, -0.2) is 0 Å². The fourth-order valence-corrected chi connectivity index (χ4v) is 4.71. The van der Waals surface area contributed by atoms with E-state index in [0.717, 1.165) is 47.6 Å². The number of hydrogen-bond acceptors (Lipinski definition) is 3. The second kappa shape index (κ2) is 9.00. The lowest BCUT2D eigenvalue weighted by Crippen LogP contribution is -2.17. The molecule has 0 saturated heterocycles. The van der Waals surface area contributed by atoms with Crippen molar-refractivity contribution in [3.05, 3.63) is 58.1 Å². The van der Waals surface area contributed by atoms with E-state index in [1.807, 2.05) is 18.2 Å². The number of anilines is 2. The summed E-state index contributed by atoms with van der Waals surface area (Å²) in [6.07, 6.45) is 9.15. The van der Waals surface area contributed by atoms with E-state index in [-0.39, 0.29) is 5.92 Å². The minimum atomic E-state index is 0.226. The second-order valence-corrected chi connectivity index (χ2v) is 8.49. The number of ketones is 1. The summed E-state index contributed by atoms with van der Waals surface area (Å²) >= 11 is 6.50. The number of Topliss-reactive ketones (excluding diaryl/α,β-unsaturated/α-hetero) is 1. The third-order valence-electron chi connectivity index (χ3n) is 6.11. The van der Waals surface area contributed by atoms with E-state index in [4.69, 9.17) is 11.6 Å². The molecular formula is C24H29ClN2O. The molecular weight excluding hydrogens is 368 g/mol. The Kier molecular flexibility index (Phi) is 6.21. The predicted molar refractivity (Wildman–Crippen MR) is 118 cm³/mol. The molecule has 4 heteroatoms. The lowest BCUT2D eigenvalue weighted by atomic mass is 9.84. The Bertz CT molecular complexity index is 825. The van der Waals surface area contributed by atoms with Crippen molar-refractivity contribution in [3.8, 4) is 0 Å². The highest BCUT2D eigenvalue weighted by Gasteiger charge is 2.22. The number of benzene rings is 2. The first-order valence-electron chi connectivity index (χ1n) is 10.6. The van der Waals surface area contributed by atoms with Gasteiger partial charge in [-0.3, -0.25) is 4.79 Å². The lowest BCUT2D eigenvalue weighted by Gasteiger charge is -2.20. The average molecular weight is 397 g/mol. The molecule has 1 saturated carbocycles. The maximum Gasteiger partial charge on any atom is 0.165 e. The molecule has 0 bridgehead atoms. The first-order valence-corrected chi connectivity index (χ1v) is 11.0. The smallest absolute Gasteiger partial charge is 0.165 e. The van der Waals surface area contributed by atoms with Crippen LogP contribution in [0.4, 0.5) is 11.4 Å². The predicted octanol–water partition coefficient (Wildman–Crippen LogP) is 6.46. The molecule has 4 rings (SSSR count). The highest BCUT2D eigenvalue weighted by atomic mass is 35.5. The van der Waals surface area contributed by atoms with Gasteiger partial charge in [0.05, 0.1) is 10.7 Å². The standard InChI is InChI=1S/C24H29ClN2O/c25-21-13-14-22-20(8-4-5-15-26-22)23(21)27-16-17-9-11-19(12-10-17)24(28)18-6-2-1-3-7-18/h9-14,18,26-27H,1-8,15-16H2. The number of halogens is 1. The summed E-state index contributed by atoms with van der Waals surface area (Å²) in [4.78, 5) is 12.7. The molecule has 2 aromatic rings. The molecule has 0 spiro atoms. The van der Waals surface area contributed by atoms with Gasteiger partial charge < -0.3 is 10.6 Å². The lowest BCUT2D eigenvalue weighted by molar-refractivity contribution is 0.0889. The second-order valence-electron chi connectivity index (χ2n) is 8.08. The summed E-state index contributed by atoms with van der Waals surface area (Å²) in [6, 6.07) is 12.2. The van der Waals surface area contributed by atoms with Crippen molar-refractivity contribution in [2.45, 2.75) is 57.9 Å². The minimum Gasteiger partial charge on any atom is -0.385 e. The van der Waals surface area contributed by atoms with Gasteiger partial charge >= 0.3 is 0 Å². The summed E-state index contributed by atoms with van der Waals surface area (Å²) in [5, 5.41) is 7.82. The van der Waals surface area contributed by atoms with Crippen LogP contribution in [0.25, 0.3) is 0 Å². The number of hydrogen-bond donors (Lipinski definition) is 2. The monoisotopic (exact) mass is 396 g/mol. The Labute approximate surface area is 172 Å². The van der Waals surface area contributed by atoms with E-state index in [1.165, 1.54) is 43.4 Å². The molecule has 1 aliphatic carbocycles. The Hall–Kier alpha value is -2.00. The van der Waals surface area contributed by atoms with E-state index < -0.39 is 0 Å². The summed E-state index contributed by atoms with van der Waals surface area (Å²) in [5.74, 6) is 0.547. The van der Waals surface area contributed by atoms with Gasteiger partial charge in [-0.1, -0.05) is 55.1 Å². The highest BCUT2D eigenvalue weighted by Crippen LogP contribution is 2.35. The molecule has 28 heavy (non-hydrogen) atoms. The number of carbonyl (C=O) groups excluding carboxylic acids is 1. The maximum atomic E-state index is 12.7. The zero-order valence-corrected chi connectivity index (χ0v) is 17.2. The molecule has 0 amide bonds. The maximum absolute atomic E-state index is 12.7. The van der Waals surface area contributed by atoms with Crippen LogP contribution in [0.5, 0.6) is 0 Å². The minimum absolute atomic E-state index is 0.226. The van der Waals surface area contributed by atoms with Crippen molar-refractivity contribution in [3.63, 3.8) is 0 Å². The van der Waals surface area contributed by atoms with E-state index in [9.17, 15) is 4.79 Å². The largest absolute Gasteiger partial charge is 0.385 e. The normalized spacial score (nSPS) is 17.3. The molecule has 1 aliphatic heterocycles. The molecule has 1 fully saturated rings. The molecule has 1 heterocycles. The Balaban J connectivity index is 1.44. The SMILES string of the molecule is O=C(c1ccc(CNc2c(Cl)ccc3c2CCCCN3)cc1)C1CCCCC1. The molecule has 0 atom stereocenters. The summed E-state index contributed by atoms with van der Waals surface area (Å²) in [5.41, 5.74) is 5.53. The van der Waals surface area contributed by atoms with Gasteiger partial charge in [0.1, 0.15) is 0 Å². The van der Waals surface area contributed by atoms with Crippen molar-refractivity contribution in [2.75, 3.05) is 17.2 Å². The fourth-order valence-electron chi connectivity index (χ4n) is 4.46. The van der Waals surface area contributed by atoms with Gasteiger partial charge in [0, 0.05) is 30.3 Å². The molecule has 3 nitrogen and oxygen atoms in total. The van der Waals surface area contributed by atoms with Gasteiger partial charge in [-0.05, 0) is 55.4 Å². The third kappa shape index (κ3) is 4.35. The van der Waals surface area contributed by atoms with E-state index >= 15 is 0 Å². The molecule has 0 unspecified atom stereocenters. The van der Waals surface area contributed by atoms with E-state index in [2.05, 4.69) is 28.8 Å². The van der Waals surface area contributed by atoms with Crippen LogP contribution in [-0.2, 0) is 13.0 Å². The topological polar surface area (TPSA) is 41.1 Å². The van der Waals surface area contributed by atoms with Crippen LogP contribution in [0.1, 0.15) is 66.4 Å². The van der Waals surface area contributed by atoms with Crippen molar-refractivity contribution >= 4 is 28.8 Å². The van der Waals surface area contributed by atoms with E-state index in [0.29, 0.717) is 12.3 Å². The van der Waals surface area contributed by atoms with Gasteiger partial charge in [-0.2, -0.15) is 0 Å². The molecule has 2 aliphatic rings. The number of rotatable bonds is 5. The summed E-state index contributed by atoms with van der Waals surface area (Å²) in [6.45, 7) is 1.72. The van der Waals surface area contributed by atoms with Crippen molar-refractivity contribution in [2.24, 2.45) is 5.92 Å². The molecule has 0 aromatic heterocycles.